The van der Waals surface area contributed by atoms with Crippen LogP contribution in [0.15, 0.2) is 53.0 Å². The largest absolute Gasteiger partial charge is 0.342 e. The molecule has 0 spiro atoms. The molecule has 1 aromatic carbocycles. The SMILES string of the molecule is CC1(C)CC(=O)C2=C(C1)Nc1n[nH]c(-c3cccc([N+](=O)[O-])c3)c1[C@H]2c1cccs1. The minimum absolute atomic E-state index is 0.0164. The highest BCUT2D eigenvalue weighted by Crippen LogP contribution is 2.51. The standard InChI is InChI=1S/C22H20N4O3S/c1-22(2)10-14-17(15(27)11-22)18(16-7-4-8-30-16)19-20(24-25-21(19)23-14)12-5-3-6-13(9-12)26(28)29/h3-9,18H,10-11H2,1-2H3,(H2,23,24,25)/t18-/m0/s1. The van der Waals surface area contributed by atoms with Crippen LogP contribution in [0.5, 0.6) is 0 Å². The number of H-pyrrole nitrogens is 1. The monoisotopic (exact) mass is 420 g/mol. The summed E-state index contributed by atoms with van der Waals surface area (Å²) in [5, 5.41) is 24.2. The Labute approximate surface area is 177 Å². The van der Waals surface area contributed by atoms with Crippen LogP contribution >= 0.6 is 11.3 Å². The van der Waals surface area contributed by atoms with Crippen LogP contribution in [-0.4, -0.2) is 20.9 Å². The third kappa shape index (κ3) is 2.95. The van der Waals surface area contributed by atoms with Crippen LogP contribution in [0.1, 0.15) is 43.0 Å². The van der Waals surface area contributed by atoms with E-state index in [1.54, 1.807) is 17.4 Å². The maximum Gasteiger partial charge on any atom is 0.270 e. The average Bonchev–Trinajstić information content (AvgIpc) is 3.35. The molecule has 3 heterocycles. The number of aromatic amines is 1. The zero-order valence-electron chi connectivity index (χ0n) is 16.6. The Morgan fingerprint density at radius 2 is 2.07 bits per heavy atom. The number of aromatic nitrogens is 2. The van der Waals surface area contributed by atoms with Crippen molar-refractivity contribution in [1.29, 1.82) is 0 Å². The summed E-state index contributed by atoms with van der Waals surface area (Å²) in [5.74, 6) is 0.580. The van der Waals surface area contributed by atoms with E-state index in [9.17, 15) is 14.9 Å². The van der Waals surface area contributed by atoms with Gasteiger partial charge in [-0.05, 0) is 23.3 Å². The molecule has 2 aromatic heterocycles. The third-order valence-corrected chi connectivity index (χ3v) is 6.68. The molecule has 1 aliphatic carbocycles. The van der Waals surface area contributed by atoms with E-state index in [0.717, 1.165) is 28.1 Å². The molecule has 2 N–H and O–H groups in total. The number of anilines is 1. The van der Waals surface area contributed by atoms with Gasteiger partial charge in [0.2, 0.25) is 0 Å². The normalized spacial score (nSPS) is 19.8. The Bertz CT molecular complexity index is 1210. The van der Waals surface area contributed by atoms with Crippen molar-refractivity contribution >= 4 is 28.6 Å². The summed E-state index contributed by atoms with van der Waals surface area (Å²) >= 11 is 1.60. The number of nitrogens with one attached hydrogen (secondary N) is 2. The van der Waals surface area contributed by atoms with Gasteiger partial charge in [0.15, 0.2) is 11.6 Å². The highest BCUT2D eigenvalue weighted by Gasteiger charge is 2.43. The van der Waals surface area contributed by atoms with Gasteiger partial charge in [0.05, 0.1) is 16.5 Å². The highest BCUT2D eigenvalue weighted by molar-refractivity contribution is 7.10. The second-order valence-corrected chi connectivity index (χ2v) is 9.55. The summed E-state index contributed by atoms with van der Waals surface area (Å²) in [6.07, 6.45) is 1.27. The second-order valence-electron chi connectivity index (χ2n) is 8.57. The van der Waals surface area contributed by atoms with Crippen LogP contribution in [0, 0.1) is 15.5 Å². The van der Waals surface area contributed by atoms with Gasteiger partial charge in [-0.15, -0.1) is 11.3 Å². The van der Waals surface area contributed by atoms with Crippen molar-refractivity contribution in [3.63, 3.8) is 0 Å². The smallest absolute Gasteiger partial charge is 0.270 e. The van der Waals surface area contributed by atoms with Crippen molar-refractivity contribution < 1.29 is 9.72 Å². The fourth-order valence-electron chi connectivity index (χ4n) is 4.53. The molecule has 3 aromatic rings. The first kappa shape index (κ1) is 18.7. The van der Waals surface area contributed by atoms with E-state index >= 15 is 0 Å². The molecule has 8 heteroatoms. The summed E-state index contributed by atoms with van der Waals surface area (Å²) in [5.41, 5.74) is 3.86. The van der Waals surface area contributed by atoms with Crippen molar-refractivity contribution in [2.45, 2.75) is 32.6 Å². The number of nitro groups is 1. The van der Waals surface area contributed by atoms with Gasteiger partial charge in [-0.3, -0.25) is 20.0 Å². The number of Topliss-reactive ketones (excluding diaryl/α,β-unsaturated/α-hetero) is 1. The number of nitro benzene ring substituents is 1. The number of rotatable bonds is 3. The van der Waals surface area contributed by atoms with E-state index in [2.05, 4.69) is 29.4 Å². The van der Waals surface area contributed by atoms with E-state index in [1.165, 1.54) is 12.1 Å². The Morgan fingerprint density at radius 3 is 2.80 bits per heavy atom. The lowest BCUT2D eigenvalue weighted by molar-refractivity contribution is -0.384. The topological polar surface area (TPSA) is 101 Å². The van der Waals surface area contributed by atoms with Crippen molar-refractivity contribution in [3.8, 4) is 11.3 Å². The number of hydrogen-bond acceptors (Lipinski definition) is 6. The molecule has 30 heavy (non-hydrogen) atoms. The molecule has 1 aliphatic heterocycles. The fraction of sp³-hybridized carbons (Fsp3) is 0.273. The molecule has 0 fully saturated rings. The highest BCUT2D eigenvalue weighted by atomic mass is 32.1. The second kappa shape index (κ2) is 6.63. The van der Waals surface area contributed by atoms with Crippen LogP contribution in [0.25, 0.3) is 11.3 Å². The Morgan fingerprint density at radius 1 is 1.23 bits per heavy atom. The van der Waals surface area contributed by atoms with Crippen molar-refractivity contribution in [1.82, 2.24) is 10.2 Å². The molecule has 7 nitrogen and oxygen atoms in total. The van der Waals surface area contributed by atoms with Gasteiger partial charge >= 0.3 is 0 Å². The molecule has 0 amide bonds. The molecule has 0 unspecified atom stereocenters. The molecule has 0 saturated heterocycles. The van der Waals surface area contributed by atoms with Gasteiger partial charge in [0.1, 0.15) is 0 Å². The van der Waals surface area contributed by atoms with Crippen LogP contribution in [-0.2, 0) is 4.79 Å². The molecular weight excluding hydrogens is 400 g/mol. The predicted octanol–water partition coefficient (Wildman–Crippen LogP) is 5.25. The first-order chi connectivity index (χ1) is 14.3. The Balaban J connectivity index is 1.71. The number of hydrogen-bond donors (Lipinski definition) is 2. The van der Waals surface area contributed by atoms with Crippen LogP contribution in [0.4, 0.5) is 11.5 Å². The molecule has 2 aliphatic rings. The number of allylic oxidation sites excluding steroid dienone is 2. The predicted molar refractivity (Wildman–Crippen MR) is 116 cm³/mol. The fourth-order valence-corrected chi connectivity index (χ4v) is 5.37. The quantitative estimate of drug-likeness (QED) is 0.445. The van der Waals surface area contributed by atoms with E-state index < -0.39 is 4.92 Å². The molecule has 0 radical (unpaired) electrons. The first-order valence-electron chi connectivity index (χ1n) is 9.74. The number of thiophene rings is 1. The van der Waals surface area contributed by atoms with Gasteiger partial charge in [-0.1, -0.05) is 32.0 Å². The number of nitrogens with zero attached hydrogens (tertiary/aromatic N) is 2. The summed E-state index contributed by atoms with van der Waals surface area (Å²) in [6, 6.07) is 10.5. The lowest BCUT2D eigenvalue weighted by atomic mass is 9.70. The molecule has 0 bridgehead atoms. The minimum atomic E-state index is -0.408. The summed E-state index contributed by atoms with van der Waals surface area (Å²) < 4.78 is 0. The number of ketones is 1. The third-order valence-electron chi connectivity index (χ3n) is 5.74. The zero-order valence-corrected chi connectivity index (χ0v) is 17.4. The number of non-ortho nitro benzene ring substituents is 1. The lowest BCUT2D eigenvalue weighted by Crippen LogP contribution is -2.33. The van der Waals surface area contributed by atoms with Gasteiger partial charge in [-0.25, -0.2) is 0 Å². The number of fused-ring (bicyclic) bond motifs is 1. The van der Waals surface area contributed by atoms with Gasteiger partial charge in [0.25, 0.3) is 5.69 Å². The van der Waals surface area contributed by atoms with Crippen LogP contribution in [0.2, 0.25) is 0 Å². The molecule has 152 valence electrons. The lowest BCUT2D eigenvalue weighted by Gasteiger charge is -2.37. The number of benzene rings is 1. The van der Waals surface area contributed by atoms with E-state index in [0.29, 0.717) is 23.5 Å². The molecule has 0 saturated carbocycles. The number of carbonyl (C=O) groups is 1. The van der Waals surface area contributed by atoms with E-state index in [1.807, 2.05) is 23.6 Å². The van der Waals surface area contributed by atoms with Gasteiger partial charge in [-0.2, -0.15) is 5.10 Å². The maximum atomic E-state index is 13.3. The van der Waals surface area contributed by atoms with E-state index in [-0.39, 0.29) is 22.8 Å². The Kier molecular flexibility index (Phi) is 4.14. The summed E-state index contributed by atoms with van der Waals surface area (Å²) in [4.78, 5) is 25.2. The van der Waals surface area contributed by atoms with Gasteiger partial charge in [0, 0.05) is 45.8 Å². The van der Waals surface area contributed by atoms with Crippen LogP contribution < -0.4 is 5.32 Å². The minimum Gasteiger partial charge on any atom is -0.342 e. The Hall–Kier alpha value is -3.26. The average molecular weight is 420 g/mol. The van der Waals surface area contributed by atoms with Crippen molar-refractivity contribution in [2.24, 2.45) is 5.41 Å². The molecule has 5 rings (SSSR count). The summed E-state index contributed by atoms with van der Waals surface area (Å²) in [6.45, 7) is 4.20. The molecular formula is C22H20N4O3S. The maximum absolute atomic E-state index is 13.3. The van der Waals surface area contributed by atoms with Gasteiger partial charge < -0.3 is 5.32 Å². The van der Waals surface area contributed by atoms with Crippen LogP contribution in [0.3, 0.4) is 0 Å². The van der Waals surface area contributed by atoms with Crippen molar-refractivity contribution in [3.05, 3.63) is 73.6 Å². The molecule has 1 atom stereocenters. The zero-order chi connectivity index (χ0) is 21.0. The number of carbonyl (C=O) groups excluding carboxylic acids is 1. The summed E-state index contributed by atoms with van der Waals surface area (Å²) in [7, 11) is 0. The first-order valence-corrected chi connectivity index (χ1v) is 10.6. The van der Waals surface area contributed by atoms with E-state index in [4.69, 9.17) is 0 Å². The van der Waals surface area contributed by atoms with Crippen molar-refractivity contribution in [2.75, 3.05) is 5.32 Å².